The molecule has 5 aromatic heterocycles. The van der Waals surface area contributed by atoms with Crippen molar-refractivity contribution in [1.82, 2.24) is 54.3 Å². The number of hydrogen-bond acceptors (Lipinski definition) is 14. The Kier molecular flexibility index (Phi) is 9.08. The molecule has 0 bridgehead atoms. The van der Waals surface area contributed by atoms with Gasteiger partial charge in [-0.05, 0) is 80.6 Å². The number of carbonyl (C=O) groups excluding carboxylic acids is 2. The smallest absolute Gasteiger partial charge is 0.341 e. The Morgan fingerprint density at radius 3 is 2.20 bits per heavy atom. The van der Waals surface area contributed by atoms with Crippen LogP contribution in [0.1, 0.15) is 56.1 Å². The molecule has 2 aliphatic rings. The maximum absolute atomic E-state index is 14.4. The average molecular weight is 823 g/mol. The van der Waals surface area contributed by atoms with E-state index < -0.39 is 12.1 Å². The second-order valence-corrected chi connectivity index (χ2v) is 16.4. The average Bonchev–Trinajstić information content (AvgIpc) is 3.72. The van der Waals surface area contributed by atoms with Gasteiger partial charge in [0.1, 0.15) is 39.6 Å². The van der Waals surface area contributed by atoms with Crippen LogP contribution in [0.25, 0.3) is 38.9 Å². The van der Waals surface area contributed by atoms with E-state index in [0.29, 0.717) is 83.1 Å². The fourth-order valence-corrected chi connectivity index (χ4v) is 9.52. The standard InChI is InChI=1S/C41H34N12O4S2/c1-21-6-4-8-26-31(21)39(54)52(29(50-26)15-58-37-33-35(44-17-42-33)46-19-48-37)27-13-10-24(14-23(27)3)41(56)57-53-28-9-5-7-22(2)32(28)40(55)51(25-11-12-25)30(53)16-59-38-34-36(45-18-43-34)47-20-49-38/h4-10,13-14,17-20,25,30H,11-12,15-16H2,1-3H3,(H,42,44,46,48)(H,43,45,47,49). The van der Waals surface area contributed by atoms with Crippen LogP contribution in [0.15, 0.2) is 94.8 Å². The quantitative estimate of drug-likeness (QED) is 0.116. The minimum Gasteiger partial charge on any atom is -0.341 e. The zero-order valence-electron chi connectivity index (χ0n) is 31.9. The van der Waals surface area contributed by atoms with Crippen LogP contribution in [-0.4, -0.2) is 84.2 Å². The van der Waals surface area contributed by atoms with Gasteiger partial charge >= 0.3 is 5.97 Å². The van der Waals surface area contributed by atoms with Crippen LogP contribution in [0.4, 0.5) is 5.69 Å². The molecule has 3 aromatic carbocycles. The summed E-state index contributed by atoms with van der Waals surface area (Å²) in [6.45, 7) is 5.62. The zero-order valence-corrected chi connectivity index (χ0v) is 33.5. The van der Waals surface area contributed by atoms with E-state index in [1.54, 1.807) is 46.6 Å². The van der Waals surface area contributed by atoms with Crippen LogP contribution in [0, 0.1) is 20.8 Å². The molecule has 1 unspecified atom stereocenters. The lowest BCUT2D eigenvalue weighted by atomic mass is 10.0. The number of aromatic nitrogens is 10. The second kappa shape index (κ2) is 14.6. The number of fused-ring (bicyclic) bond motifs is 4. The zero-order chi connectivity index (χ0) is 40.4. The molecule has 1 saturated carbocycles. The number of aryl methyl sites for hydroxylation is 3. The van der Waals surface area contributed by atoms with Crippen molar-refractivity contribution in [2.45, 2.75) is 61.6 Å². The molecule has 0 radical (unpaired) electrons. The summed E-state index contributed by atoms with van der Waals surface area (Å²) < 4.78 is 1.61. The lowest BCUT2D eigenvalue weighted by Gasteiger charge is -2.44. The number of benzene rings is 3. The molecule has 10 rings (SSSR count). The number of nitrogens with one attached hydrogen (secondary N) is 2. The summed E-state index contributed by atoms with van der Waals surface area (Å²) in [7, 11) is 0. The van der Waals surface area contributed by atoms with Crippen LogP contribution in [0.2, 0.25) is 0 Å². The third-order valence-electron chi connectivity index (χ3n) is 10.6. The van der Waals surface area contributed by atoms with Crippen LogP contribution >= 0.6 is 23.5 Å². The number of nitrogens with zero attached hydrogens (tertiary/aromatic N) is 10. The third-order valence-corrected chi connectivity index (χ3v) is 12.6. The van der Waals surface area contributed by atoms with Gasteiger partial charge < -0.3 is 19.7 Å². The molecule has 0 saturated heterocycles. The fourth-order valence-electron chi connectivity index (χ4n) is 7.63. The number of rotatable bonds is 10. The van der Waals surface area contributed by atoms with Gasteiger partial charge in [-0.2, -0.15) is 5.06 Å². The monoisotopic (exact) mass is 822 g/mol. The van der Waals surface area contributed by atoms with Crippen molar-refractivity contribution in [2.75, 3.05) is 10.8 Å². The predicted molar refractivity (Wildman–Crippen MR) is 223 cm³/mol. The highest BCUT2D eigenvalue weighted by molar-refractivity contribution is 7.99. The van der Waals surface area contributed by atoms with Crippen LogP contribution in [0.5, 0.6) is 0 Å². The summed E-state index contributed by atoms with van der Waals surface area (Å²) in [5, 5.41) is 3.43. The molecule has 59 heavy (non-hydrogen) atoms. The maximum atomic E-state index is 14.4. The van der Waals surface area contributed by atoms with Crippen LogP contribution < -0.4 is 10.6 Å². The molecule has 2 N–H and O–H groups in total. The van der Waals surface area contributed by atoms with Crippen molar-refractivity contribution in [3.05, 3.63) is 124 Å². The Labute approximate surface area is 343 Å². The lowest BCUT2D eigenvalue weighted by Crippen LogP contribution is -2.58. The Hall–Kier alpha value is -6.66. The van der Waals surface area contributed by atoms with E-state index in [2.05, 4.69) is 39.9 Å². The summed E-state index contributed by atoms with van der Waals surface area (Å²) >= 11 is 2.84. The van der Waals surface area contributed by atoms with Gasteiger partial charge in [-0.1, -0.05) is 47.8 Å². The first kappa shape index (κ1) is 36.7. The van der Waals surface area contributed by atoms with Gasteiger partial charge in [-0.15, -0.1) is 0 Å². The number of carbonyl (C=O) groups is 2. The van der Waals surface area contributed by atoms with Gasteiger partial charge in [-0.3, -0.25) is 14.2 Å². The normalized spacial score (nSPS) is 15.4. The predicted octanol–water partition coefficient (Wildman–Crippen LogP) is 6.25. The van der Waals surface area contributed by atoms with Crippen molar-refractivity contribution in [1.29, 1.82) is 0 Å². The van der Waals surface area contributed by atoms with E-state index in [0.717, 1.165) is 24.0 Å². The number of aromatic amines is 2. The molecule has 1 amide bonds. The molecule has 1 aliphatic carbocycles. The number of hydroxylamine groups is 1. The van der Waals surface area contributed by atoms with Crippen LogP contribution in [-0.2, 0) is 10.6 Å². The first-order valence-electron chi connectivity index (χ1n) is 18.8. The summed E-state index contributed by atoms with van der Waals surface area (Å²) in [6, 6.07) is 16.3. The molecular formula is C41H34N12O4S2. The Balaban J connectivity index is 1.000. The second-order valence-electron chi connectivity index (χ2n) is 14.4. The van der Waals surface area contributed by atoms with E-state index in [-0.39, 0.29) is 23.1 Å². The van der Waals surface area contributed by atoms with Gasteiger partial charge in [0.05, 0.1) is 51.8 Å². The molecule has 1 aliphatic heterocycles. The number of imidazole rings is 2. The van der Waals surface area contributed by atoms with Gasteiger partial charge in [0.25, 0.3) is 11.5 Å². The third kappa shape index (κ3) is 6.44. The summed E-state index contributed by atoms with van der Waals surface area (Å²) in [6.07, 6.45) is 7.11. The van der Waals surface area contributed by atoms with Crippen molar-refractivity contribution < 1.29 is 14.4 Å². The van der Waals surface area contributed by atoms with Gasteiger partial charge in [-0.25, -0.2) is 39.7 Å². The van der Waals surface area contributed by atoms with E-state index in [4.69, 9.17) is 9.82 Å². The van der Waals surface area contributed by atoms with Crippen LogP contribution in [0.3, 0.4) is 0 Å². The topological polar surface area (TPSA) is 194 Å². The summed E-state index contributed by atoms with van der Waals surface area (Å²) in [5.41, 5.74) is 6.93. The number of anilines is 1. The largest absolute Gasteiger partial charge is 0.363 e. The van der Waals surface area contributed by atoms with E-state index >= 15 is 0 Å². The highest BCUT2D eigenvalue weighted by Gasteiger charge is 2.47. The van der Waals surface area contributed by atoms with Crippen molar-refractivity contribution in [3.8, 4) is 5.69 Å². The van der Waals surface area contributed by atoms with E-state index in [1.807, 2.05) is 56.0 Å². The highest BCUT2D eigenvalue weighted by atomic mass is 32.2. The number of hydrogen-bond donors (Lipinski definition) is 2. The van der Waals surface area contributed by atoms with Crippen molar-refractivity contribution in [3.63, 3.8) is 0 Å². The minimum absolute atomic E-state index is 0.00545. The first-order valence-corrected chi connectivity index (χ1v) is 20.8. The molecule has 294 valence electrons. The van der Waals surface area contributed by atoms with Crippen molar-refractivity contribution in [2.24, 2.45) is 0 Å². The number of H-pyrrole nitrogens is 2. The van der Waals surface area contributed by atoms with Gasteiger partial charge in [0.15, 0.2) is 17.5 Å². The minimum atomic E-state index is -0.644. The highest BCUT2D eigenvalue weighted by Crippen LogP contribution is 2.42. The molecule has 18 heteroatoms. The molecule has 1 fully saturated rings. The van der Waals surface area contributed by atoms with Gasteiger partial charge in [0.2, 0.25) is 0 Å². The molecule has 6 heterocycles. The Bertz CT molecular complexity index is 3050. The maximum Gasteiger partial charge on any atom is 0.363 e. The number of amides is 1. The molecule has 16 nitrogen and oxygen atoms in total. The first-order chi connectivity index (χ1) is 28.7. The van der Waals surface area contributed by atoms with Crippen molar-refractivity contribution >= 4 is 74.3 Å². The van der Waals surface area contributed by atoms with E-state index in [1.165, 1.54) is 36.2 Å². The number of thioether (sulfide) groups is 2. The SMILES string of the molecule is Cc1cc(C(=O)ON2c3cccc(C)c3C(=O)N(C3CC3)C2CSc2ncnc3nc[nH]c23)ccc1-n1c(CSc2ncnc3nc[nH]c23)nc2cccc(C)c2c1=O. The molecule has 1 atom stereocenters. The molecular weight excluding hydrogens is 789 g/mol. The Morgan fingerprint density at radius 2 is 1.49 bits per heavy atom. The lowest BCUT2D eigenvalue weighted by molar-refractivity contribution is 0.0190. The van der Waals surface area contributed by atoms with E-state index in [9.17, 15) is 14.4 Å². The Morgan fingerprint density at radius 1 is 0.797 bits per heavy atom. The van der Waals surface area contributed by atoms with Gasteiger partial charge in [0, 0.05) is 11.8 Å². The fraction of sp³-hybridized carbons (Fsp3) is 0.220. The summed E-state index contributed by atoms with van der Waals surface area (Å²) in [4.78, 5) is 88.3. The summed E-state index contributed by atoms with van der Waals surface area (Å²) in [5.74, 6) is 0.431. The molecule has 8 aromatic rings. The molecule has 0 spiro atoms.